The first-order chi connectivity index (χ1) is 12.0. The Labute approximate surface area is 149 Å². The van der Waals surface area contributed by atoms with Crippen LogP contribution in [0.3, 0.4) is 0 Å². The molecule has 0 aliphatic heterocycles. The summed E-state index contributed by atoms with van der Waals surface area (Å²) >= 11 is 1.49. The zero-order valence-electron chi connectivity index (χ0n) is 14.2. The van der Waals surface area contributed by atoms with E-state index in [1.807, 2.05) is 13.0 Å². The van der Waals surface area contributed by atoms with E-state index in [-0.39, 0.29) is 36.5 Å². The molecule has 3 rings (SSSR count). The number of hydrogen-bond donors (Lipinski definition) is 0. The first-order valence-electron chi connectivity index (χ1n) is 8.24. The molecule has 0 aliphatic carbocycles. The van der Waals surface area contributed by atoms with E-state index in [4.69, 9.17) is 0 Å². The summed E-state index contributed by atoms with van der Waals surface area (Å²) < 4.78 is 15.5. The van der Waals surface area contributed by atoms with Crippen LogP contribution in [-0.4, -0.2) is 15.3 Å². The zero-order valence-corrected chi connectivity index (χ0v) is 15.0. The van der Waals surface area contributed by atoms with Gasteiger partial charge in [0.25, 0.3) is 5.56 Å². The molecule has 0 amide bonds. The summed E-state index contributed by atoms with van der Waals surface area (Å²) in [6.07, 6.45) is 1.30. The van der Waals surface area contributed by atoms with E-state index in [2.05, 4.69) is 4.98 Å². The van der Waals surface area contributed by atoms with Crippen LogP contribution in [0.2, 0.25) is 0 Å². The number of Topliss-reactive ketones (excluding diaryl/α,β-unsaturated/α-hetero) is 1. The number of rotatable bonds is 6. The lowest BCUT2D eigenvalue weighted by molar-refractivity contribution is -0.117. The molecule has 4 nitrogen and oxygen atoms in total. The smallest absolute Gasteiger partial charge is 0.262 e. The number of halogens is 1. The van der Waals surface area contributed by atoms with Crippen LogP contribution < -0.4 is 5.56 Å². The molecule has 0 spiro atoms. The van der Waals surface area contributed by atoms with Crippen molar-refractivity contribution >= 4 is 27.3 Å². The first kappa shape index (κ1) is 17.5. The van der Waals surface area contributed by atoms with Crippen LogP contribution in [0.4, 0.5) is 4.39 Å². The molecule has 3 aromatic rings. The Kier molecular flexibility index (Phi) is 5.08. The van der Waals surface area contributed by atoms with Crippen molar-refractivity contribution in [3.05, 3.63) is 62.8 Å². The first-order valence-corrected chi connectivity index (χ1v) is 9.06. The summed E-state index contributed by atoms with van der Waals surface area (Å²) in [5, 5.41) is 0.572. The van der Waals surface area contributed by atoms with Crippen molar-refractivity contribution in [3.63, 3.8) is 0 Å². The Balaban J connectivity index is 2.13. The molecule has 0 N–H and O–H groups in total. The Morgan fingerprint density at radius 2 is 2.08 bits per heavy atom. The molecule has 0 unspecified atom stereocenters. The van der Waals surface area contributed by atoms with Crippen molar-refractivity contribution in [2.75, 3.05) is 0 Å². The Bertz CT molecular complexity index is 991. The number of nitrogens with zero attached hydrogens (tertiary/aromatic N) is 2. The molecule has 0 atom stereocenters. The van der Waals surface area contributed by atoms with E-state index < -0.39 is 0 Å². The molecule has 0 saturated heterocycles. The number of fused-ring (bicyclic) bond motifs is 1. The van der Waals surface area contributed by atoms with Crippen LogP contribution in [0.15, 0.2) is 35.1 Å². The van der Waals surface area contributed by atoms with Gasteiger partial charge < -0.3 is 0 Å². The van der Waals surface area contributed by atoms with Crippen molar-refractivity contribution in [1.29, 1.82) is 0 Å². The van der Waals surface area contributed by atoms with Gasteiger partial charge in [-0.3, -0.25) is 14.2 Å². The average Bonchev–Trinajstić information content (AvgIpc) is 3.00. The van der Waals surface area contributed by atoms with Gasteiger partial charge in [0, 0.05) is 24.3 Å². The highest BCUT2D eigenvalue weighted by Gasteiger charge is 2.15. The SMILES string of the molecule is CCc1cc2c(=O)n(CCC(C)=O)c(Cc3ccccc3F)nc2s1. The summed E-state index contributed by atoms with van der Waals surface area (Å²) in [6.45, 7) is 3.78. The molecule has 25 heavy (non-hydrogen) atoms. The minimum absolute atomic E-state index is 0.00315. The lowest BCUT2D eigenvalue weighted by Gasteiger charge is -2.12. The van der Waals surface area contributed by atoms with Crippen LogP contribution in [-0.2, 0) is 24.2 Å². The van der Waals surface area contributed by atoms with Gasteiger partial charge in [-0.05, 0) is 31.0 Å². The molecule has 1 aromatic carbocycles. The predicted molar refractivity (Wildman–Crippen MR) is 97.8 cm³/mol. The maximum Gasteiger partial charge on any atom is 0.262 e. The van der Waals surface area contributed by atoms with Crippen LogP contribution in [0, 0.1) is 5.82 Å². The van der Waals surface area contributed by atoms with Gasteiger partial charge in [-0.2, -0.15) is 0 Å². The second kappa shape index (κ2) is 7.27. The lowest BCUT2D eigenvalue weighted by atomic mass is 10.1. The molecule has 0 bridgehead atoms. The molecule has 6 heteroatoms. The summed E-state index contributed by atoms with van der Waals surface area (Å²) in [5.41, 5.74) is 0.325. The number of benzene rings is 1. The third kappa shape index (κ3) is 3.69. The minimum atomic E-state index is -0.324. The number of ketones is 1. The summed E-state index contributed by atoms with van der Waals surface area (Å²) in [7, 11) is 0. The topological polar surface area (TPSA) is 52.0 Å². The van der Waals surface area contributed by atoms with E-state index in [9.17, 15) is 14.0 Å². The third-order valence-corrected chi connectivity index (χ3v) is 5.30. The van der Waals surface area contributed by atoms with Crippen molar-refractivity contribution in [2.24, 2.45) is 0 Å². The molecule has 2 aromatic heterocycles. The van der Waals surface area contributed by atoms with Crippen molar-refractivity contribution in [1.82, 2.24) is 9.55 Å². The number of aromatic nitrogens is 2. The molecular formula is C19H19FN2O2S. The molecule has 0 fully saturated rings. The quantitative estimate of drug-likeness (QED) is 0.675. The fourth-order valence-corrected chi connectivity index (χ4v) is 3.71. The molecule has 0 saturated carbocycles. The molecule has 0 radical (unpaired) electrons. The predicted octanol–water partition coefficient (Wildman–Crippen LogP) is 3.73. The average molecular weight is 358 g/mol. The van der Waals surface area contributed by atoms with Gasteiger partial charge in [0.1, 0.15) is 22.3 Å². The fraction of sp³-hybridized carbons (Fsp3) is 0.316. The standard InChI is InChI=1S/C19H19FN2O2S/c1-3-14-11-15-18(25-14)21-17(10-13-6-4-5-7-16(13)20)22(19(15)24)9-8-12(2)23/h4-7,11H,3,8-10H2,1-2H3. The van der Waals surface area contributed by atoms with Gasteiger partial charge >= 0.3 is 0 Å². The van der Waals surface area contributed by atoms with Crippen molar-refractivity contribution in [3.8, 4) is 0 Å². The molecule has 0 aliphatic rings. The van der Waals surface area contributed by atoms with E-state index in [1.165, 1.54) is 28.9 Å². The van der Waals surface area contributed by atoms with E-state index in [1.54, 1.807) is 18.2 Å². The summed E-state index contributed by atoms with van der Waals surface area (Å²) in [5.74, 6) is 0.173. The molecule has 2 heterocycles. The zero-order chi connectivity index (χ0) is 18.0. The number of carbonyl (C=O) groups is 1. The van der Waals surface area contributed by atoms with Gasteiger partial charge in [0.15, 0.2) is 0 Å². The van der Waals surface area contributed by atoms with Crippen LogP contribution >= 0.6 is 11.3 Å². The number of hydrogen-bond acceptors (Lipinski definition) is 4. The monoisotopic (exact) mass is 358 g/mol. The van der Waals surface area contributed by atoms with E-state index >= 15 is 0 Å². The second-order valence-corrected chi connectivity index (χ2v) is 7.11. The number of aryl methyl sites for hydroxylation is 1. The highest BCUT2D eigenvalue weighted by atomic mass is 32.1. The fourth-order valence-electron chi connectivity index (χ4n) is 2.73. The van der Waals surface area contributed by atoms with E-state index in [0.29, 0.717) is 21.6 Å². The van der Waals surface area contributed by atoms with E-state index in [0.717, 1.165) is 11.3 Å². The van der Waals surface area contributed by atoms with Gasteiger partial charge in [-0.25, -0.2) is 9.37 Å². The van der Waals surface area contributed by atoms with Gasteiger partial charge in [-0.1, -0.05) is 25.1 Å². The largest absolute Gasteiger partial charge is 0.300 e. The summed E-state index contributed by atoms with van der Waals surface area (Å²) in [4.78, 5) is 30.6. The normalized spacial score (nSPS) is 11.2. The van der Waals surface area contributed by atoms with Crippen LogP contribution in [0.5, 0.6) is 0 Å². The molecule has 130 valence electrons. The maximum absolute atomic E-state index is 14.0. The highest BCUT2D eigenvalue weighted by molar-refractivity contribution is 7.18. The summed E-state index contributed by atoms with van der Waals surface area (Å²) in [6, 6.07) is 8.34. The lowest BCUT2D eigenvalue weighted by Crippen LogP contribution is -2.26. The Morgan fingerprint density at radius 1 is 1.32 bits per heavy atom. The third-order valence-electron chi connectivity index (χ3n) is 4.12. The maximum atomic E-state index is 14.0. The minimum Gasteiger partial charge on any atom is -0.300 e. The van der Waals surface area contributed by atoms with Crippen molar-refractivity contribution < 1.29 is 9.18 Å². The Hall–Kier alpha value is -2.34. The van der Waals surface area contributed by atoms with Gasteiger partial charge in [-0.15, -0.1) is 11.3 Å². The van der Waals surface area contributed by atoms with Gasteiger partial charge in [0.2, 0.25) is 0 Å². The van der Waals surface area contributed by atoms with Gasteiger partial charge in [0.05, 0.1) is 5.39 Å². The number of carbonyl (C=O) groups excluding carboxylic acids is 1. The van der Waals surface area contributed by atoms with Crippen LogP contribution in [0.25, 0.3) is 10.2 Å². The van der Waals surface area contributed by atoms with Crippen LogP contribution in [0.1, 0.15) is 36.5 Å². The van der Waals surface area contributed by atoms with Crippen molar-refractivity contribution in [2.45, 2.75) is 39.7 Å². The second-order valence-electron chi connectivity index (χ2n) is 5.99. The number of thiophene rings is 1. The highest BCUT2D eigenvalue weighted by Crippen LogP contribution is 2.23. The molecular weight excluding hydrogens is 339 g/mol. The Morgan fingerprint density at radius 3 is 2.76 bits per heavy atom.